The lowest BCUT2D eigenvalue weighted by Gasteiger charge is -2.04. The summed E-state index contributed by atoms with van der Waals surface area (Å²) >= 11 is 0. The number of carbonyl (C=O) groups excluding carboxylic acids is 2. The van der Waals surface area contributed by atoms with Crippen molar-refractivity contribution in [2.24, 2.45) is 0 Å². The second kappa shape index (κ2) is 7.94. The predicted molar refractivity (Wildman–Crippen MR) is 80.5 cm³/mol. The number of aryl methyl sites for hydroxylation is 1. The van der Waals surface area contributed by atoms with Gasteiger partial charge in [-0.2, -0.15) is 0 Å². The summed E-state index contributed by atoms with van der Waals surface area (Å²) < 4.78 is 0. The van der Waals surface area contributed by atoms with E-state index in [9.17, 15) is 9.59 Å². The number of carbonyl (C=O) groups is 2. The monoisotopic (exact) mass is 282 g/mol. The van der Waals surface area contributed by atoms with Gasteiger partial charge in [-0.15, -0.1) is 0 Å². The molecule has 1 heterocycles. The lowest BCUT2D eigenvalue weighted by atomic mass is 10.1. The Morgan fingerprint density at radius 3 is 2.48 bits per heavy atom. The maximum Gasteiger partial charge on any atom is 0.287 e. The summed E-state index contributed by atoms with van der Waals surface area (Å²) in [4.78, 5) is 27.6. The highest BCUT2D eigenvalue weighted by Gasteiger charge is 2.12. The Kier molecular flexibility index (Phi) is 5.64. The largest absolute Gasteiger partial charge is 0.345 e. The van der Waals surface area contributed by atoms with Gasteiger partial charge in [-0.3, -0.25) is 14.6 Å². The second-order valence-electron chi connectivity index (χ2n) is 4.77. The smallest absolute Gasteiger partial charge is 0.287 e. The normalized spacial score (nSPS) is 10.1. The van der Waals surface area contributed by atoms with Gasteiger partial charge in [0.25, 0.3) is 5.91 Å². The molecule has 2 rings (SSSR count). The van der Waals surface area contributed by atoms with E-state index in [0.717, 1.165) is 11.3 Å². The van der Waals surface area contributed by atoms with Crippen molar-refractivity contribution in [1.29, 1.82) is 0 Å². The van der Waals surface area contributed by atoms with Crippen LogP contribution in [-0.2, 0) is 22.6 Å². The molecule has 4 heteroatoms. The molecule has 0 unspecified atom stereocenters. The number of nitrogens with one attached hydrogen (secondary N) is 1. The zero-order chi connectivity index (χ0) is 14.9. The van der Waals surface area contributed by atoms with E-state index >= 15 is 0 Å². The topological polar surface area (TPSA) is 59.1 Å². The third-order valence-corrected chi connectivity index (χ3v) is 3.11. The van der Waals surface area contributed by atoms with Gasteiger partial charge in [-0.05, 0) is 30.5 Å². The lowest BCUT2D eigenvalue weighted by Crippen LogP contribution is -2.30. The molecule has 0 aliphatic heterocycles. The standard InChI is InChI=1S/C17H18N2O2/c20-16(11-6-10-15-9-4-5-12-18-15)17(21)19-13-14-7-2-1-3-8-14/h1-5,7-9,12H,6,10-11,13H2,(H,19,21). The lowest BCUT2D eigenvalue weighted by molar-refractivity contribution is -0.138. The van der Waals surface area contributed by atoms with Gasteiger partial charge < -0.3 is 5.32 Å². The van der Waals surface area contributed by atoms with Crippen molar-refractivity contribution in [2.45, 2.75) is 25.8 Å². The third-order valence-electron chi connectivity index (χ3n) is 3.11. The minimum Gasteiger partial charge on any atom is -0.345 e. The van der Waals surface area contributed by atoms with Crippen LogP contribution >= 0.6 is 0 Å². The number of ketones is 1. The average molecular weight is 282 g/mol. The summed E-state index contributed by atoms with van der Waals surface area (Å²) in [5.74, 6) is -0.887. The summed E-state index contributed by atoms with van der Waals surface area (Å²) in [6.07, 6.45) is 3.31. The number of rotatable bonds is 7. The molecule has 1 aromatic carbocycles. The molecule has 2 aromatic rings. The Morgan fingerprint density at radius 2 is 1.76 bits per heavy atom. The van der Waals surface area contributed by atoms with Gasteiger partial charge in [0, 0.05) is 24.9 Å². The molecule has 21 heavy (non-hydrogen) atoms. The van der Waals surface area contributed by atoms with Crippen LogP contribution in [0.25, 0.3) is 0 Å². The summed E-state index contributed by atoms with van der Waals surface area (Å²) in [6.45, 7) is 0.381. The molecule has 0 aliphatic rings. The minimum absolute atomic E-state index is 0.247. The van der Waals surface area contributed by atoms with Crippen LogP contribution in [0.3, 0.4) is 0 Å². The highest BCUT2D eigenvalue weighted by atomic mass is 16.2. The van der Waals surface area contributed by atoms with Crippen molar-refractivity contribution in [3.8, 4) is 0 Å². The number of hydrogen-bond acceptors (Lipinski definition) is 3. The van der Waals surface area contributed by atoms with Gasteiger partial charge >= 0.3 is 0 Å². The molecular weight excluding hydrogens is 264 g/mol. The fourth-order valence-corrected chi connectivity index (χ4v) is 1.97. The van der Waals surface area contributed by atoms with E-state index in [2.05, 4.69) is 10.3 Å². The van der Waals surface area contributed by atoms with Gasteiger partial charge in [0.2, 0.25) is 5.78 Å². The molecular formula is C17H18N2O2. The quantitative estimate of drug-likeness (QED) is 0.793. The van der Waals surface area contributed by atoms with Crippen LogP contribution in [-0.4, -0.2) is 16.7 Å². The molecule has 0 saturated heterocycles. The number of hydrogen-bond donors (Lipinski definition) is 1. The molecule has 108 valence electrons. The average Bonchev–Trinajstić information content (AvgIpc) is 2.54. The Morgan fingerprint density at radius 1 is 1.00 bits per heavy atom. The minimum atomic E-state index is -0.514. The molecule has 1 N–H and O–H groups in total. The Bertz CT molecular complexity index is 582. The zero-order valence-corrected chi connectivity index (χ0v) is 11.8. The van der Waals surface area contributed by atoms with Crippen LogP contribution in [0.5, 0.6) is 0 Å². The third kappa shape index (κ3) is 5.18. The fourth-order valence-electron chi connectivity index (χ4n) is 1.97. The van der Waals surface area contributed by atoms with Gasteiger partial charge in [-0.1, -0.05) is 36.4 Å². The molecule has 0 radical (unpaired) electrons. The molecule has 0 atom stereocenters. The predicted octanol–water partition coefficient (Wildman–Crippen LogP) is 2.29. The summed E-state index contributed by atoms with van der Waals surface area (Å²) in [5, 5.41) is 2.64. The van der Waals surface area contributed by atoms with E-state index in [0.29, 0.717) is 19.4 Å². The Hall–Kier alpha value is -2.49. The first-order valence-electron chi connectivity index (χ1n) is 7.00. The molecule has 0 bridgehead atoms. The van der Waals surface area contributed by atoms with Crippen LogP contribution in [0.4, 0.5) is 0 Å². The van der Waals surface area contributed by atoms with Gasteiger partial charge in [0.1, 0.15) is 0 Å². The van der Waals surface area contributed by atoms with E-state index in [1.165, 1.54) is 0 Å². The number of pyridine rings is 1. The van der Waals surface area contributed by atoms with E-state index in [4.69, 9.17) is 0 Å². The second-order valence-corrected chi connectivity index (χ2v) is 4.77. The first-order valence-corrected chi connectivity index (χ1v) is 7.00. The van der Waals surface area contributed by atoms with Crippen molar-refractivity contribution in [3.05, 3.63) is 66.0 Å². The van der Waals surface area contributed by atoms with E-state index in [-0.39, 0.29) is 12.2 Å². The summed E-state index contributed by atoms with van der Waals surface area (Å²) in [5.41, 5.74) is 1.92. The van der Waals surface area contributed by atoms with E-state index < -0.39 is 5.91 Å². The molecule has 0 saturated carbocycles. The SMILES string of the molecule is O=C(CCCc1ccccn1)C(=O)NCc1ccccc1. The van der Waals surface area contributed by atoms with Gasteiger partial charge in [0.15, 0.2) is 0 Å². The summed E-state index contributed by atoms with van der Waals surface area (Å²) in [7, 11) is 0. The number of aromatic nitrogens is 1. The Balaban J connectivity index is 1.69. The van der Waals surface area contributed by atoms with Crippen molar-refractivity contribution < 1.29 is 9.59 Å². The molecule has 1 aromatic heterocycles. The number of nitrogens with zero attached hydrogens (tertiary/aromatic N) is 1. The fraction of sp³-hybridized carbons (Fsp3) is 0.235. The molecule has 0 fully saturated rings. The van der Waals surface area contributed by atoms with E-state index in [1.54, 1.807) is 6.20 Å². The molecule has 4 nitrogen and oxygen atoms in total. The van der Waals surface area contributed by atoms with Gasteiger partial charge in [0.05, 0.1) is 0 Å². The highest BCUT2D eigenvalue weighted by molar-refractivity contribution is 6.36. The zero-order valence-electron chi connectivity index (χ0n) is 11.8. The van der Waals surface area contributed by atoms with Crippen LogP contribution in [0.15, 0.2) is 54.7 Å². The van der Waals surface area contributed by atoms with Crippen molar-refractivity contribution >= 4 is 11.7 Å². The van der Waals surface area contributed by atoms with Gasteiger partial charge in [-0.25, -0.2) is 0 Å². The first kappa shape index (κ1) is 14.9. The molecule has 0 aliphatic carbocycles. The maximum atomic E-state index is 11.7. The van der Waals surface area contributed by atoms with Crippen LogP contribution in [0.2, 0.25) is 0 Å². The van der Waals surface area contributed by atoms with Crippen molar-refractivity contribution in [3.63, 3.8) is 0 Å². The van der Waals surface area contributed by atoms with Crippen LogP contribution in [0, 0.1) is 0 Å². The van der Waals surface area contributed by atoms with Crippen LogP contribution in [0.1, 0.15) is 24.1 Å². The highest BCUT2D eigenvalue weighted by Crippen LogP contribution is 2.02. The first-order chi connectivity index (χ1) is 10.3. The Labute approximate surface area is 124 Å². The summed E-state index contributed by atoms with van der Waals surface area (Å²) in [6, 6.07) is 15.2. The van der Waals surface area contributed by atoms with E-state index in [1.807, 2.05) is 48.5 Å². The van der Waals surface area contributed by atoms with Crippen molar-refractivity contribution in [1.82, 2.24) is 10.3 Å². The molecule has 1 amide bonds. The molecule has 0 spiro atoms. The maximum absolute atomic E-state index is 11.7. The number of amides is 1. The number of Topliss-reactive ketones (excluding diaryl/α,β-unsaturated/α-hetero) is 1. The van der Waals surface area contributed by atoms with Crippen molar-refractivity contribution in [2.75, 3.05) is 0 Å². The van der Waals surface area contributed by atoms with Crippen LogP contribution < -0.4 is 5.32 Å². The number of benzene rings is 1.